The minimum Gasteiger partial charge on any atom is -0.382 e. The van der Waals surface area contributed by atoms with Gasteiger partial charge in [0.25, 0.3) is 0 Å². The van der Waals surface area contributed by atoms with E-state index in [9.17, 15) is 0 Å². The summed E-state index contributed by atoms with van der Waals surface area (Å²) in [6, 6.07) is 8.46. The van der Waals surface area contributed by atoms with Crippen LogP contribution in [0.3, 0.4) is 0 Å². The summed E-state index contributed by atoms with van der Waals surface area (Å²) in [6.45, 7) is 5.18. The molecular formula is C13H19NO. The minimum absolute atomic E-state index is 0.389. The molecule has 0 radical (unpaired) electrons. The number of rotatable bonds is 3. The van der Waals surface area contributed by atoms with Gasteiger partial charge in [-0.2, -0.15) is 0 Å². The molecule has 0 amide bonds. The molecule has 0 aliphatic carbocycles. The first-order valence-electron chi connectivity index (χ1n) is 5.70. The number of benzene rings is 1. The highest BCUT2D eigenvalue weighted by Crippen LogP contribution is 2.19. The maximum atomic E-state index is 5.75. The molecule has 2 unspecified atom stereocenters. The van der Waals surface area contributed by atoms with E-state index in [1.54, 1.807) is 0 Å². The largest absolute Gasteiger partial charge is 0.382 e. The van der Waals surface area contributed by atoms with Gasteiger partial charge in [0, 0.05) is 12.2 Å². The molecule has 2 heteroatoms. The highest BCUT2D eigenvalue weighted by molar-refractivity contribution is 5.45. The predicted octanol–water partition coefficient (Wildman–Crippen LogP) is 2.97. The molecule has 1 aliphatic heterocycles. The molecule has 82 valence electrons. The molecule has 2 nitrogen and oxygen atoms in total. The van der Waals surface area contributed by atoms with Crippen LogP contribution in [0.1, 0.15) is 25.3 Å². The van der Waals surface area contributed by atoms with Crippen LogP contribution in [-0.2, 0) is 4.74 Å². The van der Waals surface area contributed by atoms with Crippen LogP contribution >= 0.6 is 0 Å². The van der Waals surface area contributed by atoms with Crippen molar-refractivity contribution >= 4 is 5.69 Å². The van der Waals surface area contributed by atoms with E-state index in [4.69, 9.17) is 4.74 Å². The summed E-state index contributed by atoms with van der Waals surface area (Å²) in [5, 5.41) is 3.42. The number of hydrogen-bond acceptors (Lipinski definition) is 2. The lowest BCUT2D eigenvalue weighted by molar-refractivity contribution is 0.0637. The van der Waals surface area contributed by atoms with Crippen molar-refractivity contribution in [3.63, 3.8) is 0 Å². The van der Waals surface area contributed by atoms with Crippen molar-refractivity contribution in [1.29, 1.82) is 0 Å². The van der Waals surface area contributed by atoms with E-state index in [-0.39, 0.29) is 0 Å². The average molecular weight is 205 g/mol. The van der Waals surface area contributed by atoms with Crippen LogP contribution in [-0.4, -0.2) is 18.8 Å². The van der Waals surface area contributed by atoms with Crippen LogP contribution in [0.5, 0.6) is 0 Å². The Labute approximate surface area is 91.6 Å². The van der Waals surface area contributed by atoms with Gasteiger partial charge in [-0.25, -0.2) is 0 Å². The quantitative estimate of drug-likeness (QED) is 0.819. The average Bonchev–Trinajstić information content (AvgIpc) is 2.62. The smallest absolute Gasteiger partial charge is 0.0751 e. The number of hydrogen-bond donors (Lipinski definition) is 1. The van der Waals surface area contributed by atoms with E-state index in [1.807, 2.05) is 0 Å². The van der Waals surface area contributed by atoms with E-state index in [2.05, 4.69) is 43.4 Å². The second kappa shape index (κ2) is 4.67. The van der Waals surface area contributed by atoms with E-state index >= 15 is 0 Å². The Morgan fingerprint density at radius 2 is 2.27 bits per heavy atom. The van der Waals surface area contributed by atoms with Gasteiger partial charge in [-0.3, -0.25) is 0 Å². The molecule has 0 saturated carbocycles. The second-order valence-electron chi connectivity index (χ2n) is 4.40. The molecule has 2 atom stereocenters. The number of aryl methyl sites for hydroxylation is 1. The first kappa shape index (κ1) is 10.5. The summed E-state index contributed by atoms with van der Waals surface area (Å²) in [4.78, 5) is 0. The molecular weight excluding hydrogens is 186 g/mol. The van der Waals surface area contributed by atoms with Crippen molar-refractivity contribution in [1.82, 2.24) is 0 Å². The van der Waals surface area contributed by atoms with Crippen molar-refractivity contribution in [2.75, 3.05) is 11.9 Å². The fraction of sp³-hybridized carbons (Fsp3) is 0.538. The minimum atomic E-state index is 0.389. The molecule has 0 spiro atoms. The second-order valence-corrected chi connectivity index (χ2v) is 4.40. The van der Waals surface area contributed by atoms with Gasteiger partial charge in [0.1, 0.15) is 0 Å². The molecule has 1 N–H and O–H groups in total. The van der Waals surface area contributed by atoms with E-state index in [1.165, 1.54) is 24.1 Å². The third-order valence-corrected chi connectivity index (χ3v) is 2.87. The van der Waals surface area contributed by atoms with Crippen LogP contribution in [0.2, 0.25) is 0 Å². The lowest BCUT2D eigenvalue weighted by Crippen LogP contribution is -2.19. The Hall–Kier alpha value is -1.02. The van der Waals surface area contributed by atoms with Crippen LogP contribution in [0.4, 0.5) is 5.69 Å². The third kappa shape index (κ3) is 2.96. The number of ether oxygens (including phenoxy) is 1. The Morgan fingerprint density at radius 1 is 1.40 bits per heavy atom. The zero-order valence-corrected chi connectivity index (χ0v) is 9.49. The van der Waals surface area contributed by atoms with Gasteiger partial charge in [0.15, 0.2) is 0 Å². The van der Waals surface area contributed by atoms with Crippen molar-refractivity contribution < 1.29 is 4.74 Å². The third-order valence-electron chi connectivity index (χ3n) is 2.87. The molecule has 1 heterocycles. The van der Waals surface area contributed by atoms with E-state index in [0.717, 1.165) is 6.54 Å². The Balaban J connectivity index is 1.83. The van der Waals surface area contributed by atoms with Gasteiger partial charge < -0.3 is 10.1 Å². The first-order chi connectivity index (χ1) is 7.24. The monoisotopic (exact) mass is 205 g/mol. The number of anilines is 1. The normalized spacial score (nSPS) is 25.5. The van der Waals surface area contributed by atoms with Gasteiger partial charge in [-0.15, -0.1) is 0 Å². The van der Waals surface area contributed by atoms with E-state index in [0.29, 0.717) is 12.2 Å². The lowest BCUT2D eigenvalue weighted by Gasteiger charge is -2.13. The van der Waals surface area contributed by atoms with Crippen molar-refractivity contribution in [3.8, 4) is 0 Å². The maximum Gasteiger partial charge on any atom is 0.0751 e. The summed E-state index contributed by atoms with van der Waals surface area (Å²) in [7, 11) is 0. The molecule has 1 fully saturated rings. The summed E-state index contributed by atoms with van der Waals surface area (Å²) < 4.78 is 5.75. The van der Waals surface area contributed by atoms with Gasteiger partial charge >= 0.3 is 0 Å². The maximum absolute atomic E-state index is 5.75. The molecule has 1 aliphatic rings. The zero-order valence-electron chi connectivity index (χ0n) is 9.49. The first-order valence-corrected chi connectivity index (χ1v) is 5.70. The number of nitrogens with one attached hydrogen (secondary N) is 1. The van der Waals surface area contributed by atoms with Gasteiger partial charge in [-0.1, -0.05) is 12.1 Å². The highest BCUT2D eigenvalue weighted by atomic mass is 16.5. The SMILES string of the molecule is Cc1cccc(NCC2CCC(C)O2)c1. The Morgan fingerprint density at radius 3 is 2.93 bits per heavy atom. The summed E-state index contributed by atoms with van der Waals surface area (Å²) in [5.74, 6) is 0. The Bertz CT molecular complexity index is 324. The zero-order chi connectivity index (χ0) is 10.7. The molecule has 0 aromatic heterocycles. The molecule has 15 heavy (non-hydrogen) atoms. The topological polar surface area (TPSA) is 21.3 Å². The molecule has 1 aromatic rings. The molecule has 1 aromatic carbocycles. The van der Waals surface area contributed by atoms with Crippen molar-refractivity contribution in [3.05, 3.63) is 29.8 Å². The summed E-state index contributed by atoms with van der Waals surface area (Å²) in [5.41, 5.74) is 2.49. The van der Waals surface area contributed by atoms with Crippen molar-refractivity contribution in [2.45, 2.75) is 38.9 Å². The van der Waals surface area contributed by atoms with Crippen molar-refractivity contribution in [2.24, 2.45) is 0 Å². The fourth-order valence-corrected chi connectivity index (χ4v) is 2.02. The summed E-state index contributed by atoms with van der Waals surface area (Å²) >= 11 is 0. The fourth-order valence-electron chi connectivity index (χ4n) is 2.02. The van der Waals surface area contributed by atoms with Gasteiger partial charge in [-0.05, 0) is 44.4 Å². The van der Waals surface area contributed by atoms with Gasteiger partial charge in [0.05, 0.1) is 12.2 Å². The summed E-state index contributed by atoms with van der Waals surface area (Å²) in [6.07, 6.45) is 3.20. The van der Waals surface area contributed by atoms with Crippen LogP contribution < -0.4 is 5.32 Å². The molecule has 2 rings (SSSR count). The Kier molecular flexibility index (Phi) is 3.27. The van der Waals surface area contributed by atoms with Crippen LogP contribution in [0.25, 0.3) is 0 Å². The highest BCUT2D eigenvalue weighted by Gasteiger charge is 2.20. The van der Waals surface area contributed by atoms with Crippen LogP contribution in [0, 0.1) is 6.92 Å². The standard InChI is InChI=1S/C13H19NO/c1-10-4-3-5-12(8-10)14-9-13-7-6-11(2)15-13/h3-5,8,11,13-14H,6-7,9H2,1-2H3. The molecule has 1 saturated heterocycles. The van der Waals surface area contributed by atoms with Crippen LogP contribution in [0.15, 0.2) is 24.3 Å². The lowest BCUT2D eigenvalue weighted by atomic mass is 10.2. The van der Waals surface area contributed by atoms with E-state index < -0.39 is 0 Å². The predicted molar refractivity (Wildman–Crippen MR) is 63.2 cm³/mol. The van der Waals surface area contributed by atoms with Gasteiger partial charge in [0.2, 0.25) is 0 Å². The molecule has 0 bridgehead atoms.